The van der Waals surface area contributed by atoms with Gasteiger partial charge in [0.1, 0.15) is 6.04 Å². The molecule has 0 aliphatic rings. The predicted octanol–water partition coefficient (Wildman–Crippen LogP) is 3.10. The number of rotatable bonds is 8. The topological polar surface area (TPSA) is 119 Å². The summed E-state index contributed by atoms with van der Waals surface area (Å²) in [5, 5.41) is 2.84. The second-order valence-corrected chi connectivity index (χ2v) is 8.99. The maximum atomic E-state index is 13.2. The number of ether oxygens (including phenoxy) is 2. The lowest BCUT2D eigenvalue weighted by molar-refractivity contribution is -0.117. The maximum absolute atomic E-state index is 13.2. The summed E-state index contributed by atoms with van der Waals surface area (Å²) >= 11 is 6.01. The molecule has 1 atom stereocenters. The fourth-order valence-corrected chi connectivity index (χ4v) is 4.46. The Labute approximate surface area is 191 Å². The van der Waals surface area contributed by atoms with Crippen LogP contribution in [0.1, 0.15) is 34.1 Å². The molecule has 0 heterocycles. The molecular formula is C21H23ClN2O7S. The van der Waals surface area contributed by atoms with Gasteiger partial charge in [0.05, 0.1) is 43.0 Å². The summed E-state index contributed by atoms with van der Waals surface area (Å²) in [7, 11) is -1.53. The minimum atomic E-state index is -3.89. The molecule has 172 valence electrons. The van der Waals surface area contributed by atoms with Gasteiger partial charge in [0.2, 0.25) is 15.9 Å². The van der Waals surface area contributed by atoms with Crippen molar-refractivity contribution in [3.63, 3.8) is 0 Å². The zero-order valence-electron chi connectivity index (χ0n) is 17.9. The maximum Gasteiger partial charge on any atom is 0.339 e. The van der Waals surface area contributed by atoms with Gasteiger partial charge < -0.3 is 14.8 Å². The van der Waals surface area contributed by atoms with E-state index in [4.69, 9.17) is 16.3 Å². The number of nitrogens with zero attached hydrogens (tertiary/aromatic N) is 1. The quantitative estimate of drug-likeness (QED) is 0.574. The van der Waals surface area contributed by atoms with Gasteiger partial charge in [0.25, 0.3) is 0 Å². The zero-order valence-corrected chi connectivity index (χ0v) is 19.5. The molecule has 0 unspecified atom stereocenters. The van der Waals surface area contributed by atoms with Crippen molar-refractivity contribution in [1.29, 1.82) is 0 Å². The van der Waals surface area contributed by atoms with Crippen LogP contribution < -0.4 is 9.62 Å². The van der Waals surface area contributed by atoms with Crippen LogP contribution in [0.15, 0.2) is 42.5 Å². The lowest BCUT2D eigenvalue weighted by atomic mass is 10.1. The molecule has 0 spiro atoms. The average molecular weight is 483 g/mol. The Kier molecular flexibility index (Phi) is 8.23. The molecule has 0 aliphatic carbocycles. The molecule has 0 saturated carbocycles. The summed E-state index contributed by atoms with van der Waals surface area (Å²) < 4.78 is 35.5. The first-order chi connectivity index (χ1) is 15.0. The van der Waals surface area contributed by atoms with Crippen molar-refractivity contribution in [2.75, 3.05) is 30.1 Å². The molecule has 11 heteroatoms. The van der Waals surface area contributed by atoms with Crippen LogP contribution in [0.5, 0.6) is 0 Å². The molecule has 2 rings (SSSR count). The Morgan fingerprint density at radius 1 is 1.06 bits per heavy atom. The summed E-state index contributed by atoms with van der Waals surface area (Å²) in [6.07, 6.45) is 1.08. The van der Waals surface area contributed by atoms with Gasteiger partial charge in [-0.3, -0.25) is 9.10 Å². The van der Waals surface area contributed by atoms with E-state index in [1.807, 2.05) is 0 Å². The van der Waals surface area contributed by atoms with Crippen LogP contribution in [-0.2, 0) is 24.3 Å². The van der Waals surface area contributed by atoms with Crippen LogP contribution in [0.3, 0.4) is 0 Å². The first-order valence-electron chi connectivity index (χ1n) is 9.40. The largest absolute Gasteiger partial charge is 0.465 e. The van der Waals surface area contributed by atoms with E-state index in [-0.39, 0.29) is 28.9 Å². The van der Waals surface area contributed by atoms with Crippen LogP contribution >= 0.6 is 11.6 Å². The molecule has 2 aromatic rings. The highest BCUT2D eigenvalue weighted by atomic mass is 35.5. The van der Waals surface area contributed by atoms with Crippen LogP contribution in [0.4, 0.5) is 11.4 Å². The highest BCUT2D eigenvalue weighted by Gasteiger charge is 2.32. The second kappa shape index (κ2) is 10.5. The van der Waals surface area contributed by atoms with E-state index in [1.54, 1.807) is 19.1 Å². The highest BCUT2D eigenvalue weighted by molar-refractivity contribution is 7.92. The van der Waals surface area contributed by atoms with Crippen molar-refractivity contribution >= 4 is 50.8 Å². The van der Waals surface area contributed by atoms with Crippen molar-refractivity contribution in [3.8, 4) is 0 Å². The number of halogens is 1. The monoisotopic (exact) mass is 482 g/mol. The van der Waals surface area contributed by atoms with E-state index in [9.17, 15) is 22.8 Å². The van der Waals surface area contributed by atoms with Gasteiger partial charge in [-0.05, 0) is 42.8 Å². The minimum absolute atomic E-state index is 0.0167. The molecule has 1 N–H and O–H groups in total. The highest BCUT2D eigenvalue weighted by Crippen LogP contribution is 2.27. The number of esters is 2. The normalized spacial score (nSPS) is 11.9. The van der Waals surface area contributed by atoms with Gasteiger partial charge in [-0.1, -0.05) is 24.6 Å². The number of anilines is 2. The van der Waals surface area contributed by atoms with Crippen molar-refractivity contribution in [3.05, 3.63) is 58.6 Å². The predicted molar refractivity (Wildman–Crippen MR) is 121 cm³/mol. The molecule has 9 nitrogen and oxygen atoms in total. The van der Waals surface area contributed by atoms with Crippen LogP contribution in [-0.4, -0.2) is 52.8 Å². The summed E-state index contributed by atoms with van der Waals surface area (Å²) in [5.74, 6) is -2.15. The van der Waals surface area contributed by atoms with Crippen molar-refractivity contribution in [2.24, 2.45) is 0 Å². The second-order valence-electron chi connectivity index (χ2n) is 6.70. The number of sulfonamides is 1. The molecule has 0 aliphatic heterocycles. The molecular weight excluding hydrogens is 460 g/mol. The number of amides is 1. The number of carbonyl (C=O) groups excluding carboxylic acids is 3. The molecule has 0 bridgehead atoms. The third kappa shape index (κ3) is 5.77. The number of hydrogen-bond donors (Lipinski definition) is 1. The van der Waals surface area contributed by atoms with E-state index < -0.39 is 33.9 Å². The fourth-order valence-electron chi connectivity index (χ4n) is 3.07. The first kappa shape index (κ1) is 25.2. The van der Waals surface area contributed by atoms with E-state index in [1.165, 1.54) is 44.6 Å². The number of methoxy groups -OCH3 is 2. The number of nitrogens with one attached hydrogen (secondary N) is 1. The Morgan fingerprint density at radius 3 is 2.25 bits per heavy atom. The number of carbonyl (C=O) groups is 3. The zero-order chi connectivity index (χ0) is 24.1. The standard InChI is InChI=1S/C21H23ClN2O7S/c1-5-18(24(32(4,28)29)15-8-6-7-14(22)12-15)19(25)23-17-11-13(20(26)30-2)9-10-16(17)21(27)31-3/h6-12,18H,5H2,1-4H3,(H,23,25)/t18-/m1/s1. The third-order valence-electron chi connectivity index (χ3n) is 4.50. The average Bonchev–Trinajstić information content (AvgIpc) is 2.75. The van der Waals surface area contributed by atoms with Gasteiger partial charge in [-0.15, -0.1) is 0 Å². The molecule has 1 amide bonds. The van der Waals surface area contributed by atoms with Crippen molar-refractivity contribution in [1.82, 2.24) is 0 Å². The molecule has 2 aromatic carbocycles. The lowest BCUT2D eigenvalue weighted by Gasteiger charge is -2.30. The summed E-state index contributed by atoms with van der Waals surface area (Å²) in [4.78, 5) is 37.2. The summed E-state index contributed by atoms with van der Waals surface area (Å²) in [6, 6.07) is 8.82. The molecule has 0 fully saturated rings. The Bertz CT molecular complexity index is 1130. The van der Waals surface area contributed by atoms with Gasteiger partial charge in [-0.25, -0.2) is 18.0 Å². The van der Waals surface area contributed by atoms with Crippen molar-refractivity contribution in [2.45, 2.75) is 19.4 Å². The van der Waals surface area contributed by atoms with Gasteiger partial charge in [0.15, 0.2) is 0 Å². The Balaban J connectivity index is 2.52. The summed E-state index contributed by atoms with van der Waals surface area (Å²) in [5.41, 5.74) is 0.247. The minimum Gasteiger partial charge on any atom is -0.465 e. The molecule has 0 radical (unpaired) electrons. The van der Waals surface area contributed by atoms with E-state index in [0.29, 0.717) is 5.02 Å². The van der Waals surface area contributed by atoms with Crippen LogP contribution in [0, 0.1) is 0 Å². The molecule has 0 aromatic heterocycles. The van der Waals surface area contributed by atoms with E-state index in [0.717, 1.165) is 10.6 Å². The Hall–Kier alpha value is -3.11. The summed E-state index contributed by atoms with van der Waals surface area (Å²) in [6.45, 7) is 1.64. The SMILES string of the molecule is CC[C@H](C(=O)Nc1cc(C(=O)OC)ccc1C(=O)OC)N(c1cccc(Cl)c1)S(C)(=O)=O. The van der Waals surface area contributed by atoms with Crippen LogP contribution in [0.2, 0.25) is 5.02 Å². The first-order valence-corrected chi connectivity index (χ1v) is 11.6. The Morgan fingerprint density at radius 2 is 1.72 bits per heavy atom. The van der Waals surface area contributed by atoms with E-state index in [2.05, 4.69) is 10.1 Å². The van der Waals surface area contributed by atoms with Gasteiger partial charge in [0, 0.05) is 5.02 Å². The third-order valence-corrected chi connectivity index (χ3v) is 5.91. The van der Waals surface area contributed by atoms with E-state index >= 15 is 0 Å². The van der Waals surface area contributed by atoms with Gasteiger partial charge >= 0.3 is 11.9 Å². The molecule has 32 heavy (non-hydrogen) atoms. The van der Waals surface area contributed by atoms with Gasteiger partial charge in [-0.2, -0.15) is 0 Å². The number of benzene rings is 2. The fraction of sp³-hybridized carbons (Fsp3) is 0.286. The van der Waals surface area contributed by atoms with Crippen LogP contribution in [0.25, 0.3) is 0 Å². The lowest BCUT2D eigenvalue weighted by Crippen LogP contribution is -2.47. The van der Waals surface area contributed by atoms with Crippen molar-refractivity contribution < 1.29 is 32.3 Å². The smallest absolute Gasteiger partial charge is 0.339 e. The molecule has 0 saturated heterocycles. The number of hydrogen-bond acceptors (Lipinski definition) is 7.